The Kier molecular flexibility index (Phi) is 43.0. The molecule has 9 heteroatoms. The molecule has 0 aromatic heterocycles. The molecule has 0 amide bonds. The monoisotopic (exact) mass is 837 g/mol. The van der Waals surface area contributed by atoms with Gasteiger partial charge in [0, 0.05) is 12.8 Å². The predicted molar refractivity (Wildman–Crippen MR) is 244 cm³/mol. The molecule has 0 saturated heterocycles. The molecule has 0 bridgehead atoms. The van der Waals surface area contributed by atoms with Crippen LogP contribution in [0.5, 0.6) is 0 Å². The number of allylic oxidation sites excluding steroid dienone is 8. The topological polar surface area (TPSA) is 119 Å². The molecule has 0 saturated carbocycles. The summed E-state index contributed by atoms with van der Waals surface area (Å²) < 4.78 is 26.5. The van der Waals surface area contributed by atoms with Gasteiger partial charge in [-0.1, -0.05) is 217 Å². The quantitative estimate of drug-likeness (QED) is 0.0269. The van der Waals surface area contributed by atoms with E-state index in [4.69, 9.17) is 19.3 Å². The van der Waals surface area contributed by atoms with Crippen molar-refractivity contribution in [2.75, 3.05) is 13.2 Å². The van der Waals surface area contributed by atoms with Gasteiger partial charge in [-0.05, 0) is 51.4 Å². The second kappa shape index (κ2) is 44.6. The van der Waals surface area contributed by atoms with Gasteiger partial charge >= 0.3 is 19.8 Å². The molecule has 0 aliphatic carbocycles. The van der Waals surface area contributed by atoms with Crippen molar-refractivity contribution in [3.05, 3.63) is 48.6 Å². The van der Waals surface area contributed by atoms with Crippen molar-refractivity contribution in [3.8, 4) is 0 Å². The Balaban J connectivity index is 3.85. The molecule has 8 nitrogen and oxygen atoms in total. The number of hydrogen-bond donors (Lipinski definition) is 2. The molecular formula is C49H89O8P. The first-order valence-electron chi connectivity index (χ1n) is 23.9. The number of unbranched alkanes of at least 4 members (excludes halogenated alkanes) is 26. The van der Waals surface area contributed by atoms with E-state index in [1.54, 1.807) is 0 Å². The second-order valence-corrected chi connectivity index (χ2v) is 17.3. The highest BCUT2D eigenvalue weighted by atomic mass is 31.2. The van der Waals surface area contributed by atoms with E-state index in [0.29, 0.717) is 6.42 Å². The van der Waals surface area contributed by atoms with Crippen LogP contribution in [-0.4, -0.2) is 41.0 Å². The Labute approximate surface area is 356 Å². The summed E-state index contributed by atoms with van der Waals surface area (Å²) in [5.41, 5.74) is 0. The molecule has 0 radical (unpaired) electrons. The molecule has 0 rings (SSSR count). The van der Waals surface area contributed by atoms with Gasteiger partial charge in [0.2, 0.25) is 0 Å². The van der Waals surface area contributed by atoms with E-state index in [9.17, 15) is 14.2 Å². The molecule has 0 aliphatic rings. The Hall–Kier alpha value is -1.99. The lowest BCUT2D eigenvalue weighted by atomic mass is 10.0. The smallest absolute Gasteiger partial charge is 0.462 e. The van der Waals surface area contributed by atoms with Gasteiger partial charge in [0.25, 0.3) is 0 Å². The average molecular weight is 837 g/mol. The van der Waals surface area contributed by atoms with Crippen LogP contribution in [0, 0.1) is 0 Å². The Morgan fingerprint density at radius 2 is 0.828 bits per heavy atom. The van der Waals surface area contributed by atoms with Crippen LogP contribution in [0.25, 0.3) is 0 Å². The zero-order valence-electron chi connectivity index (χ0n) is 37.4. The maximum atomic E-state index is 12.5. The average Bonchev–Trinajstić information content (AvgIpc) is 3.20. The fourth-order valence-corrected chi connectivity index (χ4v) is 7.20. The zero-order valence-corrected chi connectivity index (χ0v) is 38.3. The first kappa shape index (κ1) is 56.0. The highest BCUT2D eigenvalue weighted by molar-refractivity contribution is 7.46. The summed E-state index contributed by atoms with van der Waals surface area (Å²) in [6, 6.07) is 0. The van der Waals surface area contributed by atoms with E-state index < -0.39 is 32.5 Å². The number of rotatable bonds is 44. The van der Waals surface area contributed by atoms with Gasteiger partial charge in [0.05, 0.1) is 6.61 Å². The number of phosphoric ester groups is 1. The molecule has 0 aliphatic heterocycles. The molecule has 0 spiro atoms. The highest BCUT2D eigenvalue weighted by Gasteiger charge is 2.23. The molecule has 58 heavy (non-hydrogen) atoms. The van der Waals surface area contributed by atoms with Crippen molar-refractivity contribution in [1.29, 1.82) is 0 Å². The number of hydrogen-bond acceptors (Lipinski definition) is 6. The lowest BCUT2D eigenvalue weighted by molar-refractivity contribution is -0.161. The lowest BCUT2D eigenvalue weighted by Gasteiger charge is -2.18. The molecule has 2 N–H and O–H groups in total. The van der Waals surface area contributed by atoms with Gasteiger partial charge < -0.3 is 19.3 Å². The largest absolute Gasteiger partial charge is 0.469 e. The first-order chi connectivity index (χ1) is 28.3. The minimum atomic E-state index is -4.76. The summed E-state index contributed by atoms with van der Waals surface area (Å²) in [5, 5.41) is 0. The van der Waals surface area contributed by atoms with Crippen LogP contribution in [0.1, 0.15) is 232 Å². The number of carbonyl (C=O) groups is 2. The van der Waals surface area contributed by atoms with E-state index in [0.717, 1.165) is 70.6 Å². The molecule has 0 fully saturated rings. The molecule has 0 aromatic rings. The fourth-order valence-electron chi connectivity index (χ4n) is 6.84. The highest BCUT2D eigenvalue weighted by Crippen LogP contribution is 2.36. The summed E-state index contributed by atoms with van der Waals surface area (Å²) in [7, 11) is -4.76. The van der Waals surface area contributed by atoms with Gasteiger partial charge in [-0.25, -0.2) is 4.57 Å². The van der Waals surface area contributed by atoms with E-state index in [2.05, 4.69) is 67.0 Å². The normalized spacial score (nSPS) is 12.8. The minimum Gasteiger partial charge on any atom is -0.462 e. The number of ether oxygens (including phenoxy) is 2. The van der Waals surface area contributed by atoms with E-state index in [1.807, 2.05) is 0 Å². The predicted octanol–water partition coefficient (Wildman–Crippen LogP) is 15.1. The Morgan fingerprint density at radius 3 is 1.24 bits per heavy atom. The summed E-state index contributed by atoms with van der Waals surface area (Å²) in [6.45, 7) is 3.60. The minimum absolute atomic E-state index is 0.203. The number of esters is 2. The Bertz CT molecular complexity index is 1080. The number of carbonyl (C=O) groups excluding carboxylic acids is 2. The van der Waals surface area contributed by atoms with Gasteiger partial charge in [0.1, 0.15) is 6.61 Å². The standard InChI is InChI=1S/C49H89O8P/c1-3-5-7-9-11-13-15-17-19-21-23-24-26-28-30-32-34-36-38-40-42-44-49(51)57-47(46-56-58(52,53)54)45-55-48(50)43-41-39-37-35-33-31-29-27-25-22-20-18-16-14-12-10-8-6-4-2/h5,7,11,13,17,19,23-24,47H,3-4,6,8-10,12,14-16,18,20-22,25-46H2,1-2H3,(H2,52,53,54)/b7-5-,13-11-,19-17-,24-23-. The van der Waals surface area contributed by atoms with Crippen LogP contribution in [0.15, 0.2) is 48.6 Å². The van der Waals surface area contributed by atoms with Crippen molar-refractivity contribution >= 4 is 19.8 Å². The second-order valence-electron chi connectivity index (χ2n) is 16.1. The van der Waals surface area contributed by atoms with Crippen molar-refractivity contribution in [2.24, 2.45) is 0 Å². The third kappa shape index (κ3) is 46.7. The van der Waals surface area contributed by atoms with Gasteiger partial charge in [0.15, 0.2) is 6.10 Å². The molecule has 0 aromatic carbocycles. The molecule has 1 atom stereocenters. The Morgan fingerprint density at radius 1 is 0.466 bits per heavy atom. The molecule has 338 valence electrons. The van der Waals surface area contributed by atoms with Crippen molar-refractivity contribution in [2.45, 2.75) is 238 Å². The van der Waals surface area contributed by atoms with Gasteiger partial charge in [-0.15, -0.1) is 0 Å². The van der Waals surface area contributed by atoms with Crippen LogP contribution < -0.4 is 0 Å². The van der Waals surface area contributed by atoms with Crippen LogP contribution >= 0.6 is 7.82 Å². The maximum absolute atomic E-state index is 12.5. The van der Waals surface area contributed by atoms with Crippen molar-refractivity contribution < 1.29 is 37.9 Å². The lowest BCUT2D eigenvalue weighted by Crippen LogP contribution is -2.29. The molecule has 0 heterocycles. The molecular weight excluding hydrogens is 748 g/mol. The third-order valence-corrected chi connectivity index (χ3v) is 10.8. The van der Waals surface area contributed by atoms with Crippen LogP contribution in [0.4, 0.5) is 0 Å². The summed E-state index contributed by atoms with van der Waals surface area (Å²) in [5.74, 6) is -0.885. The SMILES string of the molecule is CC/C=C\C/C=C\C/C=C\C/C=C\CCCCCCCCCCC(=O)OC(COC(=O)CCCCCCCCCCCCCCCCCCCCC)COP(=O)(O)O. The van der Waals surface area contributed by atoms with Crippen LogP contribution in [0.2, 0.25) is 0 Å². The first-order valence-corrected chi connectivity index (χ1v) is 25.5. The summed E-state index contributed by atoms with van der Waals surface area (Å²) in [6.07, 6.45) is 55.5. The number of phosphoric acid groups is 1. The summed E-state index contributed by atoms with van der Waals surface area (Å²) >= 11 is 0. The van der Waals surface area contributed by atoms with E-state index in [1.165, 1.54) is 128 Å². The third-order valence-electron chi connectivity index (χ3n) is 10.4. The molecule has 1 unspecified atom stereocenters. The van der Waals surface area contributed by atoms with Crippen molar-refractivity contribution in [3.63, 3.8) is 0 Å². The zero-order chi connectivity index (χ0) is 42.5. The van der Waals surface area contributed by atoms with E-state index >= 15 is 0 Å². The van der Waals surface area contributed by atoms with Gasteiger partial charge in [-0.2, -0.15) is 0 Å². The maximum Gasteiger partial charge on any atom is 0.469 e. The van der Waals surface area contributed by atoms with E-state index in [-0.39, 0.29) is 19.4 Å². The van der Waals surface area contributed by atoms with Crippen LogP contribution in [-0.2, 0) is 28.2 Å². The fraction of sp³-hybridized carbons (Fsp3) is 0.796. The summed E-state index contributed by atoms with van der Waals surface area (Å²) in [4.78, 5) is 43.0. The van der Waals surface area contributed by atoms with Crippen LogP contribution in [0.3, 0.4) is 0 Å². The van der Waals surface area contributed by atoms with Crippen molar-refractivity contribution in [1.82, 2.24) is 0 Å². The van der Waals surface area contributed by atoms with Gasteiger partial charge in [-0.3, -0.25) is 14.1 Å².